The molecule has 0 aromatic carbocycles. The minimum Gasteiger partial charge on any atom is -0.299 e. The normalized spacial score (nSPS) is 11.1. The van der Waals surface area contributed by atoms with Gasteiger partial charge in [0.05, 0.1) is 5.69 Å². The van der Waals surface area contributed by atoms with Gasteiger partial charge < -0.3 is 0 Å². The summed E-state index contributed by atoms with van der Waals surface area (Å²) in [5.74, 6) is 0.415. The molecule has 1 rings (SSSR count). The van der Waals surface area contributed by atoms with Crippen LogP contribution in [0.3, 0.4) is 0 Å². The van der Waals surface area contributed by atoms with Crippen molar-refractivity contribution in [1.82, 2.24) is 9.78 Å². The van der Waals surface area contributed by atoms with Crippen LogP contribution in [0, 0.1) is 12.8 Å². The summed E-state index contributed by atoms with van der Waals surface area (Å²) < 4.78 is 1.62. The predicted octanol–water partition coefficient (Wildman–Crippen LogP) is 2.93. The lowest BCUT2D eigenvalue weighted by atomic mass is 9.94. The molecule has 0 atom stereocenters. The third-order valence-electron chi connectivity index (χ3n) is 3.06. The van der Waals surface area contributed by atoms with E-state index in [-0.39, 0.29) is 11.7 Å². The van der Waals surface area contributed by atoms with Gasteiger partial charge in [0.2, 0.25) is 0 Å². The molecule has 0 aliphatic carbocycles. The summed E-state index contributed by atoms with van der Waals surface area (Å²) in [5.41, 5.74) is 1.73. The predicted molar refractivity (Wildman–Crippen MR) is 65.7 cm³/mol. The van der Waals surface area contributed by atoms with E-state index in [1.165, 1.54) is 0 Å². The topological polar surface area (TPSA) is 34.9 Å². The highest BCUT2D eigenvalue weighted by molar-refractivity contribution is 6.30. The van der Waals surface area contributed by atoms with Crippen LogP contribution in [0.1, 0.15) is 37.9 Å². The molecule has 90 valence electrons. The van der Waals surface area contributed by atoms with Crippen LogP contribution in [0.15, 0.2) is 0 Å². The number of hydrogen-bond acceptors (Lipinski definition) is 2. The molecule has 16 heavy (non-hydrogen) atoms. The number of aromatic nitrogens is 2. The molecule has 1 heterocycles. The van der Waals surface area contributed by atoms with Gasteiger partial charge in [0.1, 0.15) is 10.9 Å². The minimum atomic E-state index is 0.149. The molecule has 0 radical (unpaired) electrons. The van der Waals surface area contributed by atoms with E-state index in [0.29, 0.717) is 11.6 Å². The van der Waals surface area contributed by atoms with Crippen LogP contribution < -0.4 is 0 Å². The molecular formula is C12H19ClN2O. The largest absolute Gasteiger partial charge is 0.299 e. The highest BCUT2D eigenvalue weighted by atomic mass is 35.5. The SMILES string of the molecule is CCC(CC)C(=O)Cc1c(C)nn(C)c1Cl. The lowest BCUT2D eigenvalue weighted by Crippen LogP contribution is -2.15. The van der Waals surface area contributed by atoms with E-state index in [1.807, 2.05) is 20.8 Å². The Morgan fingerprint density at radius 2 is 2.00 bits per heavy atom. The fourth-order valence-electron chi connectivity index (χ4n) is 1.94. The van der Waals surface area contributed by atoms with Crippen molar-refractivity contribution in [2.24, 2.45) is 13.0 Å². The van der Waals surface area contributed by atoms with Crippen LogP contribution in [-0.4, -0.2) is 15.6 Å². The maximum Gasteiger partial charge on any atom is 0.140 e. The fourth-order valence-corrected chi connectivity index (χ4v) is 2.18. The Morgan fingerprint density at radius 1 is 1.44 bits per heavy atom. The van der Waals surface area contributed by atoms with Crippen molar-refractivity contribution < 1.29 is 4.79 Å². The quantitative estimate of drug-likeness (QED) is 0.796. The first-order valence-corrected chi connectivity index (χ1v) is 6.09. The fraction of sp³-hybridized carbons (Fsp3) is 0.667. The third kappa shape index (κ3) is 2.64. The first kappa shape index (κ1) is 13.2. The van der Waals surface area contributed by atoms with Gasteiger partial charge in [-0.3, -0.25) is 9.48 Å². The van der Waals surface area contributed by atoms with E-state index in [0.717, 1.165) is 24.1 Å². The van der Waals surface area contributed by atoms with Gasteiger partial charge in [-0.1, -0.05) is 25.4 Å². The molecular weight excluding hydrogens is 224 g/mol. The Balaban J connectivity index is 2.84. The van der Waals surface area contributed by atoms with E-state index < -0.39 is 0 Å². The van der Waals surface area contributed by atoms with Crippen LogP contribution >= 0.6 is 11.6 Å². The third-order valence-corrected chi connectivity index (χ3v) is 3.53. The van der Waals surface area contributed by atoms with Crippen molar-refractivity contribution in [3.8, 4) is 0 Å². The van der Waals surface area contributed by atoms with Crippen molar-refractivity contribution in [3.05, 3.63) is 16.4 Å². The molecule has 3 nitrogen and oxygen atoms in total. The average Bonchev–Trinajstić information content (AvgIpc) is 2.47. The molecule has 0 N–H and O–H groups in total. The zero-order chi connectivity index (χ0) is 12.3. The monoisotopic (exact) mass is 242 g/mol. The Kier molecular flexibility index (Phi) is 4.54. The number of carbonyl (C=O) groups is 1. The number of nitrogens with zero attached hydrogens (tertiary/aromatic N) is 2. The van der Waals surface area contributed by atoms with E-state index >= 15 is 0 Å². The molecule has 4 heteroatoms. The molecule has 0 spiro atoms. The van der Waals surface area contributed by atoms with Crippen LogP contribution in [0.4, 0.5) is 0 Å². The van der Waals surface area contributed by atoms with Crippen molar-refractivity contribution in [3.63, 3.8) is 0 Å². The highest BCUT2D eigenvalue weighted by Crippen LogP contribution is 2.21. The molecule has 0 bridgehead atoms. The molecule has 0 fully saturated rings. The summed E-state index contributed by atoms with van der Waals surface area (Å²) >= 11 is 6.10. The Bertz CT molecular complexity index is 381. The second-order valence-electron chi connectivity index (χ2n) is 4.13. The molecule has 0 aliphatic rings. The number of Topliss-reactive ketones (excluding diaryl/α,β-unsaturated/α-hetero) is 1. The summed E-state index contributed by atoms with van der Waals surface area (Å²) in [7, 11) is 1.79. The Hall–Kier alpha value is -0.830. The van der Waals surface area contributed by atoms with Gasteiger partial charge in [0.25, 0.3) is 0 Å². The van der Waals surface area contributed by atoms with E-state index in [9.17, 15) is 4.79 Å². The van der Waals surface area contributed by atoms with Gasteiger partial charge in [0.15, 0.2) is 0 Å². The number of aryl methyl sites for hydroxylation is 2. The average molecular weight is 243 g/mol. The van der Waals surface area contributed by atoms with Gasteiger partial charge >= 0.3 is 0 Å². The van der Waals surface area contributed by atoms with Crippen LogP contribution in [-0.2, 0) is 18.3 Å². The molecule has 0 unspecified atom stereocenters. The van der Waals surface area contributed by atoms with E-state index in [4.69, 9.17) is 11.6 Å². The van der Waals surface area contributed by atoms with Gasteiger partial charge in [-0.05, 0) is 19.8 Å². The van der Waals surface area contributed by atoms with Gasteiger partial charge in [-0.25, -0.2) is 0 Å². The first-order chi connectivity index (χ1) is 7.51. The standard InChI is InChI=1S/C12H19ClN2O/c1-5-9(6-2)11(16)7-10-8(3)14-15(4)12(10)13/h9H,5-7H2,1-4H3. The van der Waals surface area contributed by atoms with Crippen molar-refractivity contribution >= 4 is 17.4 Å². The lowest BCUT2D eigenvalue weighted by molar-refractivity contribution is -0.122. The zero-order valence-electron chi connectivity index (χ0n) is 10.4. The molecule has 0 saturated carbocycles. The maximum absolute atomic E-state index is 12.0. The molecule has 0 amide bonds. The molecule has 0 aliphatic heterocycles. The summed E-state index contributed by atoms with van der Waals surface area (Å²) in [5, 5.41) is 4.79. The lowest BCUT2D eigenvalue weighted by Gasteiger charge is -2.10. The number of carbonyl (C=O) groups excluding carboxylic acids is 1. The van der Waals surface area contributed by atoms with Crippen LogP contribution in [0.25, 0.3) is 0 Å². The molecule has 1 aromatic heterocycles. The summed E-state index contributed by atoms with van der Waals surface area (Å²) in [6.45, 7) is 5.98. The molecule has 0 saturated heterocycles. The van der Waals surface area contributed by atoms with Gasteiger partial charge in [0, 0.05) is 24.9 Å². The maximum atomic E-state index is 12.0. The van der Waals surface area contributed by atoms with Crippen molar-refractivity contribution in [1.29, 1.82) is 0 Å². The highest BCUT2D eigenvalue weighted by Gasteiger charge is 2.19. The van der Waals surface area contributed by atoms with Crippen molar-refractivity contribution in [2.75, 3.05) is 0 Å². The summed E-state index contributed by atoms with van der Waals surface area (Å²) in [4.78, 5) is 12.0. The zero-order valence-corrected chi connectivity index (χ0v) is 11.1. The Morgan fingerprint density at radius 3 is 2.38 bits per heavy atom. The van der Waals surface area contributed by atoms with Gasteiger partial charge in [-0.2, -0.15) is 5.10 Å². The van der Waals surface area contributed by atoms with Crippen LogP contribution in [0.5, 0.6) is 0 Å². The number of ketones is 1. The van der Waals surface area contributed by atoms with Crippen molar-refractivity contribution in [2.45, 2.75) is 40.0 Å². The van der Waals surface area contributed by atoms with E-state index in [2.05, 4.69) is 5.10 Å². The summed E-state index contributed by atoms with van der Waals surface area (Å²) in [6.07, 6.45) is 2.20. The minimum absolute atomic E-state index is 0.149. The number of rotatable bonds is 5. The second kappa shape index (κ2) is 5.48. The Labute approximate surface area is 102 Å². The smallest absolute Gasteiger partial charge is 0.140 e. The number of hydrogen-bond donors (Lipinski definition) is 0. The number of halogens is 1. The first-order valence-electron chi connectivity index (χ1n) is 5.71. The second-order valence-corrected chi connectivity index (χ2v) is 4.49. The van der Waals surface area contributed by atoms with Gasteiger partial charge in [-0.15, -0.1) is 0 Å². The summed E-state index contributed by atoms with van der Waals surface area (Å²) in [6, 6.07) is 0. The van der Waals surface area contributed by atoms with E-state index in [1.54, 1.807) is 11.7 Å². The molecule has 1 aromatic rings. The van der Waals surface area contributed by atoms with Crippen LogP contribution in [0.2, 0.25) is 5.15 Å².